The van der Waals surface area contributed by atoms with Crippen molar-refractivity contribution < 1.29 is 28.5 Å². The lowest BCUT2D eigenvalue weighted by Crippen LogP contribution is -2.35. The molecule has 0 bridgehead atoms. The Hall–Kier alpha value is -2.84. The molecular formula is C20H18Cl2N2O6. The predicted molar refractivity (Wildman–Crippen MR) is 110 cm³/mol. The molecule has 0 spiro atoms. The number of carbonyl (C=O) groups excluding carboxylic acids is 2. The SMILES string of the molecule is O=C(NCCNC(=O)c1cc2c(cc1Cl)OCCO2)c1cc2c(cc1Cl)OCCO2. The Morgan fingerprint density at radius 1 is 0.667 bits per heavy atom. The van der Waals surface area contributed by atoms with Crippen LogP contribution in [0.15, 0.2) is 24.3 Å². The smallest absolute Gasteiger partial charge is 0.252 e. The van der Waals surface area contributed by atoms with Gasteiger partial charge >= 0.3 is 0 Å². The summed E-state index contributed by atoms with van der Waals surface area (Å²) in [6.45, 7) is 2.06. The van der Waals surface area contributed by atoms with Crippen molar-refractivity contribution in [2.45, 2.75) is 0 Å². The van der Waals surface area contributed by atoms with Gasteiger partial charge in [-0.3, -0.25) is 9.59 Å². The highest BCUT2D eigenvalue weighted by Crippen LogP contribution is 2.36. The van der Waals surface area contributed by atoms with Crippen molar-refractivity contribution in [3.8, 4) is 23.0 Å². The maximum atomic E-state index is 12.4. The van der Waals surface area contributed by atoms with Crippen molar-refractivity contribution in [3.63, 3.8) is 0 Å². The molecule has 4 rings (SSSR count). The van der Waals surface area contributed by atoms with Crippen LogP contribution in [-0.2, 0) is 0 Å². The second kappa shape index (κ2) is 8.89. The van der Waals surface area contributed by atoms with E-state index < -0.39 is 0 Å². The van der Waals surface area contributed by atoms with Crippen molar-refractivity contribution in [3.05, 3.63) is 45.4 Å². The molecule has 2 heterocycles. The molecular weight excluding hydrogens is 435 g/mol. The molecule has 2 N–H and O–H groups in total. The van der Waals surface area contributed by atoms with Crippen LogP contribution in [0.1, 0.15) is 20.7 Å². The van der Waals surface area contributed by atoms with Crippen LogP contribution in [0.25, 0.3) is 0 Å². The minimum absolute atomic E-state index is 0.192. The van der Waals surface area contributed by atoms with Crippen LogP contribution < -0.4 is 29.6 Å². The zero-order chi connectivity index (χ0) is 21.1. The molecule has 0 fully saturated rings. The van der Waals surface area contributed by atoms with E-state index in [1.165, 1.54) is 0 Å². The highest BCUT2D eigenvalue weighted by molar-refractivity contribution is 6.34. The molecule has 2 aliphatic rings. The van der Waals surface area contributed by atoms with Crippen LogP contribution in [0, 0.1) is 0 Å². The summed E-state index contributed by atoms with van der Waals surface area (Å²) in [5.74, 6) is 1.18. The maximum Gasteiger partial charge on any atom is 0.252 e. The summed E-state index contributed by atoms with van der Waals surface area (Å²) in [5.41, 5.74) is 0.532. The third kappa shape index (κ3) is 4.34. The summed E-state index contributed by atoms with van der Waals surface area (Å²) >= 11 is 12.3. The second-order valence-corrected chi connectivity index (χ2v) is 7.28. The van der Waals surface area contributed by atoms with Crippen LogP contribution in [0.5, 0.6) is 23.0 Å². The molecule has 2 aliphatic heterocycles. The average molecular weight is 453 g/mol. The van der Waals surface area contributed by atoms with Gasteiger partial charge in [0, 0.05) is 25.2 Å². The van der Waals surface area contributed by atoms with Gasteiger partial charge in [0.1, 0.15) is 26.4 Å². The summed E-state index contributed by atoms with van der Waals surface area (Å²) in [6, 6.07) is 6.19. The van der Waals surface area contributed by atoms with Gasteiger partial charge in [0.2, 0.25) is 0 Å². The van der Waals surface area contributed by atoms with Crippen LogP contribution in [-0.4, -0.2) is 51.3 Å². The Morgan fingerprint density at radius 2 is 1.00 bits per heavy atom. The van der Waals surface area contributed by atoms with E-state index in [-0.39, 0.29) is 46.1 Å². The quantitative estimate of drug-likeness (QED) is 0.677. The third-order valence-corrected chi connectivity index (χ3v) is 5.07. The van der Waals surface area contributed by atoms with Gasteiger partial charge in [0.25, 0.3) is 11.8 Å². The van der Waals surface area contributed by atoms with Crippen LogP contribution in [0.2, 0.25) is 10.0 Å². The molecule has 30 heavy (non-hydrogen) atoms. The molecule has 2 amide bonds. The molecule has 2 aromatic rings. The number of hydrogen-bond acceptors (Lipinski definition) is 6. The largest absolute Gasteiger partial charge is 0.486 e. The fourth-order valence-corrected chi connectivity index (χ4v) is 3.50. The molecule has 0 aromatic heterocycles. The Labute approximate surface area is 182 Å². The van der Waals surface area contributed by atoms with Gasteiger partial charge in [-0.1, -0.05) is 23.2 Å². The van der Waals surface area contributed by atoms with Gasteiger partial charge in [-0.15, -0.1) is 0 Å². The van der Waals surface area contributed by atoms with Crippen molar-refractivity contribution in [2.24, 2.45) is 0 Å². The summed E-state index contributed by atoms with van der Waals surface area (Å²) in [4.78, 5) is 24.8. The molecule has 2 aromatic carbocycles. The van der Waals surface area contributed by atoms with E-state index in [0.717, 1.165) is 0 Å². The van der Waals surface area contributed by atoms with Gasteiger partial charge < -0.3 is 29.6 Å². The highest BCUT2D eigenvalue weighted by Gasteiger charge is 2.20. The molecule has 0 aliphatic carbocycles. The van der Waals surface area contributed by atoms with E-state index in [1.54, 1.807) is 24.3 Å². The lowest BCUT2D eigenvalue weighted by molar-refractivity contribution is 0.0926. The fraction of sp³-hybridized carbons (Fsp3) is 0.300. The lowest BCUT2D eigenvalue weighted by Gasteiger charge is -2.20. The first-order valence-corrected chi connectivity index (χ1v) is 10.0. The number of ether oxygens (including phenoxy) is 4. The average Bonchev–Trinajstić information content (AvgIpc) is 2.75. The van der Waals surface area contributed by atoms with Crippen molar-refractivity contribution in [2.75, 3.05) is 39.5 Å². The molecule has 0 saturated carbocycles. The first-order valence-electron chi connectivity index (χ1n) is 9.27. The zero-order valence-electron chi connectivity index (χ0n) is 15.8. The normalized spacial score (nSPS) is 14.1. The van der Waals surface area contributed by atoms with E-state index in [4.69, 9.17) is 42.1 Å². The first-order chi connectivity index (χ1) is 14.5. The van der Waals surface area contributed by atoms with E-state index >= 15 is 0 Å². The van der Waals surface area contributed by atoms with Gasteiger partial charge in [-0.25, -0.2) is 0 Å². The molecule has 10 heteroatoms. The Balaban J connectivity index is 1.32. The molecule has 0 unspecified atom stereocenters. The Morgan fingerprint density at radius 3 is 1.37 bits per heavy atom. The molecule has 0 radical (unpaired) electrons. The molecule has 0 saturated heterocycles. The van der Waals surface area contributed by atoms with E-state index in [2.05, 4.69) is 10.6 Å². The van der Waals surface area contributed by atoms with Crippen LogP contribution >= 0.6 is 23.2 Å². The van der Waals surface area contributed by atoms with Crippen molar-refractivity contribution in [1.82, 2.24) is 10.6 Å². The number of benzene rings is 2. The summed E-state index contributed by atoms with van der Waals surface area (Å²) < 4.78 is 21.8. The number of carbonyl (C=O) groups is 2. The Bertz CT molecular complexity index is 918. The second-order valence-electron chi connectivity index (χ2n) is 6.46. The third-order valence-electron chi connectivity index (χ3n) is 4.45. The highest BCUT2D eigenvalue weighted by atomic mass is 35.5. The van der Waals surface area contributed by atoms with Crippen LogP contribution in [0.4, 0.5) is 0 Å². The molecule has 8 nitrogen and oxygen atoms in total. The van der Waals surface area contributed by atoms with E-state index in [1.807, 2.05) is 0 Å². The number of fused-ring (bicyclic) bond motifs is 2. The summed E-state index contributed by atoms with van der Waals surface area (Å²) in [5, 5.41) is 5.92. The minimum Gasteiger partial charge on any atom is -0.486 e. The topological polar surface area (TPSA) is 95.1 Å². The molecule has 0 atom stereocenters. The summed E-state index contributed by atoms with van der Waals surface area (Å²) in [7, 11) is 0. The Kier molecular flexibility index (Phi) is 6.06. The maximum absolute atomic E-state index is 12.4. The van der Waals surface area contributed by atoms with E-state index in [0.29, 0.717) is 49.4 Å². The lowest BCUT2D eigenvalue weighted by atomic mass is 10.1. The number of amides is 2. The van der Waals surface area contributed by atoms with Gasteiger partial charge in [0.15, 0.2) is 23.0 Å². The number of nitrogens with one attached hydrogen (secondary N) is 2. The van der Waals surface area contributed by atoms with Crippen LogP contribution in [0.3, 0.4) is 0 Å². The zero-order valence-corrected chi connectivity index (χ0v) is 17.3. The minimum atomic E-state index is -0.386. The number of hydrogen-bond donors (Lipinski definition) is 2. The van der Waals surface area contributed by atoms with Gasteiger partial charge in [-0.2, -0.15) is 0 Å². The predicted octanol–water partition coefficient (Wildman–Crippen LogP) is 2.70. The van der Waals surface area contributed by atoms with Gasteiger partial charge in [-0.05, 0) is 12.1 Å². The summed E-state index contributed by atoms with van der Waals surface area (Å²) in [6.07, 6.45) is 0. The first kappa shape index (κ1) is 20.4. The van der Waals surface area contributed by atoms with Gasteiger partial charge in [0.05, 0.1) is 21.2 Å². The fourth-order valence-electron chi connectivity index (χ4n) is 3.02. The van der Waals surface area contributed by atoms with Crippen molar-refractivity contribution in [1.29, 1.82) is 0 Å². The number of rotatable bonds is 5. The number of halogens is 2. The van der Waals surface area contributed by atoms with E-state index in [9.17, 15) is 9.59 Å². The van der Waals surface area contributed by atoms with Crippen molar-refractivity contribution >= 4 is 35.0 Å². The standard InChI is InChI=1S/C20H18Cl2N2O6/c21-13-9-17-15(27-3-5-29-17)7-11(13)19(25)23-1-2-24-20(26)12-8-16-18(10-14(12)22)30-6-4-28-16/h7-10H,1-6H2,(H,23,25)(H,24,26). The molecule has 158 valence electrons. The monoisotopic (exact) mass is 452 g/mol.